The second-order valence-corrected chi connectivity index (χ2v) is 38.6. The third-order valence-electron chi connectivity index (χ3n) is 2.77. The third kappa shape index (κ3) is 7.39. The average Bonchev–Trinajstić information content (AvgIpc) is 1.78. The fourth-order valence-electron chi connectivity index (χ4n) is 2.87. The molecule has 0 heterocycles. The summed E-state index contributed by atoms with van der Waals surface area (Å²) in [7, 11) is -0.217. The SMILES string of the molecule is C[Si](C)(C)C[Si](C)(C[Si](C)(C)C)[SiH2][SiH3]. The van der Waals surface area contributed by atoms with Gasteiger partial charge in [0.2, 0.25) is 0 Å². The van der Waals surface area contributed by atoms with E-state index in [-0.39, 0.29) is 0 Å². The second-order valence-electron chi connectivity index (χ2n) is 7.64. The fourth-order valence-corrected chi connectivity index (χ4v) is 58.5. The molecule has 0 aromatic rings. The number of hydrogen-bond acceptors (Lipinski definition) is 0. The number of hydrogen-bond donors (Lipinski definition) is 0. The number of rotatable bonds is 5. The molecule has 0 fully saturated rings. The molecule has 0 atom stereocenters. The Morgan fingerprint density at radius 1 is 0.786 bits per heavy atom. The maximum atomic E-state index is 2.75. The highest BCUT2D eigenvalue weighted by molar-refractivity contribution is 7.43. The molecule has 0 N–H and O–H groups in total. The molecule has 0 aliphatic carbocycles. The molecule has 0 rings (SSSR count). The van der Waals surface area contributed by atoms with Gasteiger partial charge in [-0.15, -0.1) is 0 Å². The molecule has 0 aliphatic rings. The van der Waals surface area contributed by atoms with E-state index < -0.39 is 23.7 Å². The summed E-state index contributed by atoms with van der Waals surface area (Å²) in [4.78, 5) is 0. The molecule has 0 spiro atoms. The van der Waals surface area contributed by atoms with Crippen LogP contribution in [0.25, 0.3) is 0 Å². The molecule has 0 bridgehead atoms. The van der Waals surface area contributed by atoms with Crippen LogP contribution < -0.4 is 0 Å². The first-order valence-electron chi connectivity index (χ1n) is 5.97. The van der Waals surface area contributed by atoms with Gasteiger partial charge in [0.15, 0.2) is 0 Å². The lowest BCUT2D eigenvalue weighted by atomic mass is 11.7. The van der Waals surface area contributed by atoms with Crippen molar-refractivity contribution in [1.82, 2.24) is 0 Å². The maximum absolute atomic E-state index is 2.75. The highest BCUT2D eigenvalue weighted by Gasteiger charge is 2.35. The van der Waals surface area contributed by atoms with Crippen LogP contribution in [0.4, 0.5) is 0 Å². The smallest absolute Gasteiger partial charge is 0.0414 e. The van der Waals surface area contributed by atoms with Gasteiger partial charge in [0.05, 0.1) is 0 Å². The first kappa shape index (κ1) is 15.1. The second kappa shape index (κ2) is 4.94. The maximum Gasteiger partial charge on any atom is 0.0414 e. The summed E-state index contributed by atoms with van der Waals surface area (Å²) < 4.78 is 0. The Morgan fingerprint density at radius 2 is 1.07 bits per heavy atom. The van der Waals surface area contributed by atoms with Gasteiger partial charge < -0.3 is 0 Å². The Balaban J connectivity index is 4.49. The minimum Gasteiger partial charge on any atom is -0.0722 e. The van der Waals surface area contributed by atoms with Gasteiger partial charge in [0.25, 0.3) is 0 Å². The Labute approximate surface area is 99.1 Å². The highest BCUT2D eigenvalue weighted by Crippen LogP contribution is 2.26. The van der Waals surface area contributed by atoms with E-state index in [4.69, 9.17) is 0 Å². The molecule has 0 radical (unpaired) electrons. The molecular weight excluding hydrogens is 249 g/mol. The van der Waals surface area contributed by atoms with Crippen LogP contribution >= 0.6 is 0 Å². The lowest BCUT2D eigenvalue weighted by Crippen LogP contribution is -2.50. The van der Waals surface area contributed by atoms with Gasteiger partial charge in [-0.1, -0.05) is 57.2 Å². The van der Waals surface area contributed by atoms with Crippen LogP contribution in [-0.4, -0.2) is 42.1 Å². The van der Waals surface area contributed by atoms with Gasteiger partial charge in [-0.2, -0.15) is 0 Å². The lowest BCUT2D eigenvalue weighted by Gasteiger charge is -2.36. The molecule has 0 saturated heterocycles. The highest BCUT2D eigenvalue weighted by atomic mass is 29.5. The lowest BCUT2D eigenvalue weighted by molar-refractivity contribution is 1.50. The van der Waals surface area contributed by atoms with E-state index in [1.54, 1.807) is 21.1 Å². The van der Waals surface area contributed by atoms with Gasteiger partial charge in [-0.05, 0) is 9.76 Å². The van der Waals surface area contributed by atoms with E-state index >= 15 is 0 Å². The van der Waals surface area contributed by atoms with Gasteiger partial charge in [-0.25, -0.2) is 0 Å². The van der Waals surface area contributed by atoms with E-state index in [0.717, 1.165) is 0 Å². The minimum atomic E-state index is -0.772. The molecule has 0 aromatic carbocycles. The summed E-state index contributed by atoms with van der Waals surface area (Å²) in [6, 6.07) is 0. The zero-order chi connectivity index (χ0) is 11.6. The van der Waals surface area contributed by atoms with Crippen LogP contribution in [0, 0.1) is 0 Å². The minimum absolute atomic E-state index is 0.419. The fraction of sp³-hybridized carbons (Fsp3) is 1.00. The van der Waals surface area contributed by atoms with Crippen molar-refractivity contribution in [1.29, 1.82) is 0 Å². The summed E-state index contributed by atoms with van der Waals surface area (Å²) in [5, 5.41) is 0. The van der Waals surface area contributed by atoms with Gasteiger partial charge in [-0.3, -0.25) is 0 Å². The van der Waals surface area contributed by atoms with Crippen molar-refractivity contribution in [2.45, 2.75) is 57.2 Å². The van der Waals surface area contributed by atoms with Crippen LogP contribution in [0.15, 0.2) is 0 Å². The average molecular weight is 279 g/mol. The Kier molecular flexibility index (Phi) is 5.33. The van der Waals surface area contributed by atoms with Crippen LogP contribution in [0.1, 0.15) is 0 Å². The van der Waals surface area contributed by atoms with Crippen molar-refractivity contribution in [3.05, 3.63) is 0 Å². The van der Waals surface area contributed by atoms with Crippen LogP contribution in [0.2, 0.25) is 57.2 Å². The molecule has 86 valence electrons. The summed E-state index contributed by atoms with van der Waals surface area (Å²) in [6.45, 7) is 18.2. The van der Waals surface area contributed by atoms with Crippen LogP contribution in [-0.2, 0) is 0 Å². The molecule has 0 amide bonds. The molecule has 0 aromatic heterocycles. The van der Waals surface area contributed by atoms with Gasteiger partial charge in [0, 0.05) is 32.3 Å². The molecule has 0 saturated carbocycles. The van der Waals surface area contributed by atoms with Crippen molar-refractivity contribution >= 4 is 42.1 Å². The first-order chi connectivity index (χ1) is 5.97. The predicted octanol–water partition coefficient (Wildman–Crippen LogP) is 1.77. The zero-order valence-corrected chi connectivity index (χ0v) is 18.0. The molecule has 0 unspecified atom stereocenters. The summed E-state index contributed by atoms with van der Waals surface area (Å²) in [5.74, 6) is 0. The summed E-state index contributed by atoms with van der Waals surface area (Å²) in [5.41, 5.74) is 3.47. The molecule has 14 heavy (non-hydrogen) atoms. The van der Waals surface area contributed by atoms with E-state index in [0.29, 0.717) is 8.55 Å². The van der Waals surface area contributed by atoms with Gasteiger partial charge >= 0.3 is 0 Å². The summed E-state index contributed by atoms with van der Waals surface area (Å²) in [6.07, 6.45) is 0. The van der Waals surface area contributed by atoms with Crippen LogP contribution in [0.5, 0.6) is 0 Å². The van der Waals surface area contributed by atoms with Crippen molar-refractivity contribution in [3.63, 3.8) is 0 Å². The van der Waals surface area contributed by atoms with Crippen molar-refractivity contribution in [2.75, 3.05) is 0 Å². The van der Waals surface area contributed by atoms with Gasteiger partial charge in [0.1, 0.15) is 0 Å². The molecule has 0 aliphatic heterocycles. The third-order valence-corrected chi connectivity index (χ3v) is 44.8. The Hall–Kier alpha value is 1.08. The van der Waals surface area contributed by atoms with E-state index in [9.17, 15) is 0 Å². The molecular formula is C9H30Si5. The van der Waals surface area contributed by atoms with Crippen molar-refractivity contribution < 1.29 is 0 Å². The largest absolute Gasteiger partial charge is 0.0722 e. The monoisotopic (exact) mass is 278 g/mol. The predicted molar refractivity (Wildman–Crippen MR) is 86.4 cm³/mol. The van der Waals surface area contributed by atoms with E-state index in [1.807, 2.05) is 0 Å². The van der Waals surface area contributed by atoms with Crippen LogP contribution in [0.3, 0.4) is 0 Å². The standard InChI is InChI=1S/C9H30Si5/c1-12(2,3)8-14(7,11-10)9-13(4,5)6/h8-9,11H2,1-7,10H3. The van der Waals surface area contributed by atoms with E-state index in [1.165, 1.54) is 0 Å². The Morgan fingerprint density at radius 3 is 1.21 bits per heavy atom. The topological polar surface area (TPSA) is 0 Å². The Bertz CT molecular complexity index is 161. The quantitative estimate of drug-likeness (QED) is 0.673. The first-order valence-corrected chi connectivity index (χ1v) is 24.3. The van der Waals surface area contributed by atoms with E-state index in [2.05, 4.69) is 45.8 Å². The molecule has 0 nitrogen and oxygen atoms in total. The normalized spacial score (nSPS) is 15.6. The molecule has 5 heteroatoms. The van der Waals surface area contributed by atoms with Crippen molar-refractivity contribution in [3.8, 4) is 0 Å². The van der Waals surface area contributed by atoms with Crippen molar-refractivity contribution in [2.24, 2.45) is 0 Å². The zero-order valence-electron chi connectivity index (χ0n) is 11.6. The summed E-state index contributed by atoms with van der Waals surface area (Å²) >= 11 is 0.